The number of ether oxygens (including phenoxy) is 3. The minimum atomic E-state index is -0.602. The summed E-state index contributed by atoms with van der Waals surface area (Å²) in [6.07, 6.45) is 7.42. The Morgan fingerprint density at radius 3 is 2.80 bits per heavy atom. The van der Waals surface area contributed by atoms with Gasteiger partial charge >= 0.3 is 11.9 Å². The van der Waals surface area contributed by atoms with Gasteiger partial charge in [0.15, 0.2) is 0 Å². The van der Waals surface area contributed by atoms with Crippen molar-refractivity contribution in [3.63, 3.8) is 0 Å². The Morgan fingerprint density at radius 2 is 2.06 bits per heavy atom. The van der Waals surface area contributed by atoms with E-state index in [1.165, 1.54) is 25.1 Å². The summed E-state index contributed by atoms with van der Waals surface area (Å²) in [5, 5.41) is 4.16. The van der Waals surface area contributed by atoms with E-state index in [2.05, 4.69) is 30.0 Å². The van der Waals surface area contributed by atoms with E-state index in [-0.39, 0.29) is 18.8 Å². The first-order valence-corrected chi connectivity index (χ1v) is 12.3. The Hall–Kier alpha value is -2.94. The lowest BCUT2D eigenvalue weighted by Crippen LogP contribution is -2.41. The number of rotatable bonds is 9. The summed E-state index contributed by atoms with van der Waals surface area (Å²) in [4.78, 5) is 35.4. The lowest BCUT2D eigenvalue weighted by molar-refractivity contribution is -0.162. The van der Waals surface area contributed by atoms with Gasteiger partial charge in [0.2, 0.25) is 0 Å². The van der Waals surface area contributed by atoms with Crippen molar-refractivity contribution in [3.05, 3.63) is 35.2 Å². The number of pyridine rings is 1. The first kappa shape index (κ1) is 26.7. The molecule has 1 aromatic rings. The number of fused-ring (bicyclic) bond motifs is 1. The second kappa shape index (κ2) is 12.7. The van der Waals surface area contributed by atoms with Crippen LogP contribution in [0.3, 0.4) is 0 Å². The van der Waals surface area contributed by atoms with Gasteiger partial charge in [-0.1, -0.05) is 11.2 Å². The minimum Gasteiger partial charge on any atom is -0.463 e. The van der Waals surface area contributed by atoms with Crippen molar-refractivity contribution in [1.82, 2.24) is 4.98 Å². The third kappa shape index (κ3) is 8.06. The standard InChI is InChI=1S/C26H37N3O6/c1-17-14-24-23(28-19(17)3)8-6-7-13-29(24)15-18(2)35-27-12-11-22-9-10-25(33-21(5)31)26(34-22)16-32-20(4)30/h9-10,12,14,18,22,25-26H,6-8,11,13,15-16H2,1-5H3/b27-12+/t18-,22+,25+,26-/m1/s1. The Balaban J connectivity index is 1.52. The fraction of sp³-hybridized carbons (Fsp3) is 0.615. The normalized spacial score (nSPS) is 22.9. The summed E-state index contributed by atoms with van der Waals surface area (Å²) in [5.74, 6) is -0.843. The summed E-state index contributed by atoms with van der Waals surface area (Å²) in [6.45, 7) is 10.5. The molecule has 1 aromatic heterocycles. The molecule has 0 saturated carbocycles. The van der Waals surface area contributed by atoms with Crippen LogP contribution in [0.15, 0.2) is 23.4 Å². The van der Waals surface area contributed by atoms with Crippen molar-refractivity contribution >= 4 is 23.8 Å². The van der Waals surface area contributed by atoms with Gasteiger partial charge in [0.1, 0.15) is 24.9 Å². The smallest absolute Gasteiger partial charge is 0.303 e. The molecule has 0 unspecified atom stereocenters. The number of nitrogens with zero attached hydrogens (tertiary/aromatic N) is 3. The Bertz CT molecular complexity index is 947. The molecule has 0 bridgehead atoms. The molecule has 0 aliphatic carbocycles. The zero-order valence-corrected chi connectivity index (χ0v) is 21.4. The van der Waals surface area contributed by atoms with E-state index in [1.807, 2.05) is 13.0 Å². The minimum absolute atomic E-state index is 0.00393. The molecule has 0 spiro atoms. The highest BCUT2D eigenvalue weighted by molar-refractivity contribution is 5.67. The van der Waals surface area contributed by atoms with Crippen molar-refractivity contribution in [2.75, 3.05) is 24.6 Å². The highest BCUT2D eigenvalue weighted by Crippen LogP contribution is 2.27. The van der Waals surface area contributed by atoms with Crippen LogP contribution in [0.2, 0.25) is 0 Å². The summed E-state index contributed by atoms with van der Waals surface area (Å²) >= 11 is 0. The molecule has 4 atom stereocenters. The molecule has 0 N–H and O–H groups in total. The van der Waals surface area contributed by atoms with Crippen LogP contribution in [0.1, 0.15) is 57.0 Å². The van der Waals surface area contributed by atoms with Gasteiger partial charge in [-0.05, 0) is 57.7 Å². The zero-order valence-electron chi connectivity index (χ0n) is 21.4. The number of anilines is 1. The van der Waals surface area contributed by atoms with E-state index in [0.29, 0.717) is 6.42 Å². The van der Waals surface area contributed by atoms with Crippen molar-refractivity contribution in [3.8, 4) is 0 Å². The summed E-state index contributed by atoms with van der Waals surface area (Å²) in [7, 11) is 0. The molecule has 9 nitrogen and oxygen atoms in total. The molecule has 2 aliphatic rings. The Morgan fingerprint density at radius 1 is 1.26 bits per heavy atom. The number of oxime groups is 1. The quantitative estimate of drug-likeness (QED) is 0.226. The molecular weight excluding hydrogens is 450 g/mol. The van der Waals surface area contributed by atoms with Crippen LogP contribution in [-0.2, 0) is 35.1 Å². The van der Waals surface area contributed by atoms with E-state index in [4.69, 9.17) is 24.0 Å². The lowest BCUT2D eigenvalue weighted by Gasteiger charge is -2.31. The molecule has 0 amide bonds. The number of carbonyl (C=O) groups is 2. The predicted molar refractivity (Wildman–Crippen MR) is 133 cm³/mol. The van der Waals surface area contributed by atoms with E-state index in [1.54, 1.807) is 12.3 Å². The SMILES string of the molecule is CC(=O)OC[C@H]1O[C@H](C/C=N/O[C@H](C)CN2CCCCc3nc(C)c(C)cc32)C=C[C@@H]1OC(C)=O. The van der Waals surface area contributed by atoms with Crippen molar-refractivity contribution in [2.45, 2.75) is 84.7 Å². The van der Waals surface area contributed by atoms with E-state index in [0.717, 1.165) is 43.7 Å². The van der Waals surface area contributed by atoms with Gasteiger partial charge in [0.25, 0.3) is 0 Å². The molecule has 3 rings (SSSR count). The number of aryl methyl sites for hydroxylation is 3. The average molecular weight is 488 g/mol. The predicted octanol–water partition coefficient (Wildman–Crippen LogP) is 3.44. The Kier molecular flexibility index (Phi) is 9.65. The number of hydrogen-bond donors (Lipinski definition) is 0. The Labute approximate surface area is 207 Å². The third-order valence-electron chi connectivity index (χ3n) is 6.07. The maximum absolute atomic E-state index is 11.3. The zero-order chi connectivity index (χ0) is 25.4. The highest BCUT2D eigenvalue weighted by atomic mass is 16.6. The molecule has 3 heterocycles. The van der Waals surface area contributed by atoms with Gasteiger partial charge in [0.05, 0.1) is 24.0 Å². The lowest BCUT2D eigenvalue weighted by atomic mass is 10.1. The highest BCUT2D eigenvalue weighted by Gasteiger charge is 2.30. The third-order valence-corrected chi connectivity index (χ3v) is 6.07. The number of aromatic nitrogens is 1. The van der Waals surface area contributed by atoms with Crippen LogP contribution in [0.4, 0.5) is 5.69 Å². The van der Waals surface area contributed by atoms with Gasteiger partial charge in [0, 0.05) is 38.7 Å². The van der Waals surface area contributed by atoms with Crippen LogP contribution in [0.25, 0.3) is 0 Å². The second-order valence-corrected chi connectivity index (χ2v) is 9.17. The number of esters is 2. The first-order valence-electron chi connectivity index (χ1n) is 12.3. The molecule has 35 heavy (non-hydrogen) atoms. The molecule has 0 radical (unpaired) electrons. The fourth-order valence-corrected chi connectivity index (χ4v) is 4.22. The second-order valence-electron chi connectivity index (χ2n) is 9.17. The van der Waals surface area contributed by atoms with Crippen LogP contribution in [0, 0.1) is 13.8 Å². The molecule has 2 aliphatic heterocycles. The van der Waals surface area contributed by atoms with Crippen LogP contribution in [0.5, 0.6) is 0 Å². The number of hydrogen-bond acceptors (Lipinski definition) is 9. The molecule has 9 heteroatoms. The summed E-state index contributed by atoms with van der Waals surface area (Å²) in [5.41, 5.74) is 4.66. The van der Waals surface area contributed by atoms with Crippen LogP contribution >= 0.6 is 0 Å². The van der Waals surface area contributed by atoms with E-state index in [9.17, 15) is 9.59 Å². The van der Waals surface area contributed by atoms with Crippen LogP contribution in [-0.4, -0.2) is 67.2 Å². The summed E-state index contributed by atoms with van der Waals surface area (Å²) in [6, 6.07) is 2.24. The maximum Gasteiger partial charge on any atom is 0.303 e. The molecule has 0 aromatic carbocycles. The summed E-state index contributed by atoms with van der Waals surface area (Å²) < 4.78 is 16.3. The van der Waals surface area contributed by atoms with E-state index < -0.39 is 24.1 Å². The topological polar surface area (TPSA) is 99.6 Å². The maximum atomic E-state index is 11.3. The van der Waals surface area contributed by atoms with Gasteiger partial charge in [-0.25, -0.2) is 0 Å². The van der Waals surface area contributed by atoms with Gasteiger partial charge in [-0.15, -0.1) is 0 Å². The van der Waals surface area contributed by atoms with Crippen molar-refractivity contribution < 1.29 is 28.6 Å². The van der Waals surface area contributed by atoms with Gasteiger partial charge in [-0.3, -0.25) is 14.6 Å². The van der Waals surface area contributed by atoms with Crippen molar-refractivity contribution in [1.29, 1.82) is 0 Å². The first-order chi connectivity index (χ1) is 16.7. The monoisotopic (exact) mass is 487 g/mol. The van der Waals surface area contributed by atoms with Crippen LogP contribution < -0.4 is 4.90 Å². The number of carbonyl (C=O) groups excluding carboxylic acids is 2. The fourth-order valence-electron chi connectivity index (χ4n) is 4.22. The molecule has 192 valence electrons. The largest absolute Gasteiger partial charge is 0.463 e. The average Bonchev–Trinajstić information content (AvgIpc) is 2.98. The van der Waals surface area contributed by atoms with Crippen molar-refractivity contribution in [2.24, 2.45) is 5.16 Å². The van der Waals surface area contributed by atoms with Gasteiger partial charge in [-0.2, -0.15) is 0 Å². The van der Waals surface area contributed by atoms with Gasteiger partial charge < -0.3 is 23.9 Å². The molecule has 0 fully saturated rings. The molecular formula is C26H37N3O6. The molecule has 0 saturated heterocycles. The van der Waals surface area contributed by atoms with E-state index >= 15 is 0 Å².